The topological polar surface area (TPSA) is 36.2 Å². The lowest BCUT2D eigenvalue weighted by atomic mass is 9.73. The van der Waals surface area contributed by atoms with Crippen LogP contribution in [0, 0.1) is 32.5 Å². The molecule has 0 aliphatic heterocycles. The lowest BCUT2D eigenvalue weighted by molar-refractivity contribution is -0.159. The van der Waals surface area contributed by atoms with Gasteiger partial charge in [0.15, 0.2) is 10.6 Å². The molecule has 0 aromatic carbocycles. The quantitative estimate of drug-likeness (QED) is 0.204. The largest absolute Gasteiger partial charge is 0.465 e. The van der Waals surface area contributed by atoms with Crippen LogP contribution < -0.4 is 0 Å². The van der Waals surface area contributed by atoms with Crippen molar-refractivity contribution < 1.29 is 13.9 Å². The molecule has 0 saturated heterocycles. The average molecular weight is 445 g/mol. The summed E-state index contributed by atoms with van der Waals surface area (Å²) in [5.74, 6) is 0.195. The third-order valence-corrected chi connectivity index (χ3v) is 6.49. The van der Waals surface area contributed by atoms with Gasteiger partial charge in [-0.1, -0.05) is 46.3 Å². The van der Waals surface area contributed by atoms with E-state index in [2.05, 4.69) is 27.7 Å². The Hall–Kier alpha value is -1.08. The van der Waals surface area contributed by atoms with Crippen molar-refractivity contribution in [1.82, 2.24) is 9.13 Å². The molecule has 0 spiro atoms. The van der Waals surface area contributed by atoms with Gasteiger partial charge in [0.1, 0.15) is 4.64 Å². The van der Waals surface area contributed by atoms with E-state index in [-0.39, 0.29) is 16.5 Å². The van der Waals surface area contributed by atoms with Crippen molar-refractivity contribution in [3.63, 3.8) is 0 Å². The van der Waals surface area contributed by atoms with Gasteiger partial charge in [-0.2, -0.15) is 0 Å². The molecule has 0 amide bonds. The Labute approximate surface area is 185 Å². The molecule has 1 aromatic heterocycles. The van der Waals surface area contributed by atoms with Crippen LogP contribution in [-0.4, -0.2) is 21.7 Å². The second-order valence-electron chi connectivity index (χ2n) is 8.72. The van der Waals surface area contributed by atoms with E-state index in [0.717, 1.165) is 32.1 Å². The molecular weight excluding hydrogens is 407 g/mol. The van der Waals surface area contributed by atoms with Crippen LogP contribution in [0.1, 0.15) is 73.6 Å². The first-order valence-electron chi connectivity index (χ1n) is 10.7. The molecular formula is C22H37FN2O2S2. The number of rotatable bonds is 12. The van der Waals surface area contributed by atoms with Crippen LogP contribution in [0.2, 0.25) is 0 Å². The Morgan fingerprint density at radius 1 is 1.17 bits per heavy atom. The second-order valence-corrected chi connectivity index (χ2v) is 9.47. The number of nitrogens with zero attached hydrogens (tertiary/aromatic N) is 2. The molecule has 7 heteroatoms. The minimum Gasteiger partial charge on any atom is -0.465 e. The maximum atomic E-state index is 13.9. The zero-order chi connectivity index (χ0) is 22.2. The van der Waals surface area contributed by atoms with Crippen molar-refractivity contribution in [2.75, 3.05) is 6.61 Å². The number of hydrogen-bond donors (Lipinski definition) is 0. The third kappa shape index (κ3) is 7.28. The van der Waals surface area contributed by atoms with Crippen LogP contribution >= 0.6 is 24.4 Å². The Bertz CT molecular complexity index is 786. The Kier molecular flexibility index (Phi) is 10.7. The first kappa shape index (κ1) is 26.0. The fourth-order valence-corrected chi connectivity index (χ4v) is 4.15. The fraction of sp³-hybridized carbons (Fsp3) is 0.773. The maximum Gasteiger partial charge on any atom is 0.312 e. The SMILES string of the molecule is CCn1cc(F)c(=S)n(CCCCCCOC(=O)C(C)(CC(C)C)C(C)C)c1=S. The summed E-state index contributed by atoms with van der Waals surface area (Å²) in [5, 5.41) is 0. The number of esters is 1. The molecule has 0 saturated carbocycles. The van der Waals surface area contributed by atoms with Gasteiger partial charge in [0, 0.05) is 19.3 Å². The highest BCUT2D eigenvalue weighted by Crippen LogP contribution is 2.35. The van der Waals surface area contributed by atoms with Crippen LogP contribution in [0.5, 0.6) is 0 Å². The van der Waals surface area contributed by atoms with Gasteiger partial charge in [0.05, 0.1) is 12.0 Å². The van der Waals surface area contributed by atoms with Crippen molar-refractivity contribution in [3.05, 3.63) is 21.4 Å². The molecule has 4 nitrogen and oxygen atoms in total. The Balaban J connectivity index is 2.44. The molecule has 0 N–H and O–H groups in total. The van der Waals surface area contributed by atoms with Crippen molar-refractivity contribution in [3.8, 4) is 0 Å². The minimum atomic E-state index is -0.434. The number of carbonyl (C=O) groups is 1. The molecule has 1 rings (SSSR count). The maximum absolute atomic E-state index is 13.9. The van der Waals surface area contributed by atoms with Gasteiger partial charge in [-0.3, -0.25) is 4.79 Å². The van der Waals surface area contributed by atoms with Gasteiger partial charge in [-0.05, 0) is 63.6 Å². The first-order valence-corrected chi connectivity index (χ1v) is 11.5. The molecule has 29 heavy (non-hydrogen) atoms. The summed E-state index contributed by atoms with van der Waals surface area (Å²) in [7, 11) is 0. The molecule has 0 bridgehead atoms. The van der Waals surface area contributed by atoms with E-state index >= 15 is 0 Å². The molecule has 0 fully saturated rings. The van der Waals surface area contributed by atoms with E-state index in [4.69, 9.17) is 29.2 Å². The van der Waals surface area contributed by atoms with Gasteiger partial charge in [0.2, 0.25) is 0 Å². The lowest BCUT2D eigenvalue weighted by Crippen LogP contribution is -2.36. The molecule has 0 radical (unpaired) electrons. The summed E-state index contributed by atoms with van der Waals surface area (Å²) in [5.41, 5.74) is -0.434. The van der Waals surface area contributed by atoms with Gasteiger partial charge in [-0.25, -0.2) is 4.39 Å². The highest BCUT2D eigenvalue weighted by molar-refractivity contribution is 7.72. The van der Waals surface area contributed by atoms with Crippen molar-refractivity contribution in [2.24, 2.45) is 17.3 Å². The van der Waals surface area contributed by atoms with E-state index in [0.29, 0.717) is 30.4 Å². The van der Waals surface area contributed by atoms with Gasteiger partial charge < -0.3 is 13.9 Å². The van der Waals surface area contributed by atoms with Crippen LogP contribution in [0.4, 0.5) is 4.39 Å². The van der Waals surface area contributed by atoms with Crippen LogP contribution in [0.3, 0.4) is 0 Å². The Morgan fingerprint density at radius 2 is 1.79 bits per heavy atom. The monoisotopic (exact) mass is 444 g/mol. The molecule has 1 unspecified atom stereocenters. The van der Waals surface area contributed by atoms with E-state index in [1.807, 2.05) is 13.8 Å². The zero-order valence-electron chi connectivity index (χ0n) is 18.8. The predicted molar refractivity (Wildman–Crippen MR) is 122 cm³/mol. The number of unbranched alkanes of at least 4 members (excludes halogenated alkanes) is 3. The molecule has 1 heterocycles. The normalized spacial score (nSPS) is 13.7. The van der Waals surface area contributed by atoms with E-state index in [1.165, 1.54) is 6.20 Å². The average Bonchev–Trinajstić information content (AvgIpc) is 2.65. The highest BCUT2D eigenvalue weighted by Gasteiger charge is 2.38. The number of hydrogen-bond acceptors (Lipinski definition) is 4. The van der Waals surface area contributed by atoms with Gasteiger partial charge >= 0.3 is 5.97 Å². The van der Waals surface area contributed by atoms with Crippen LogP contribution in [0.25, 0.3) is 0 Å². The third-order valence-electron chi connectivity index (χ3n) is 5.62. The van der Waals surface area contributed by atoms with E-state index < -0.39 is 11.2 Å². The van der Waals surface area contributed by atoms with E-state index in [9.17, 15) is 9.18 Å². The number of carbonyl (C=O) groups excluding carboxylic acids is 1. The summed E-state index contributed by atoms with van der Waals surface area (Å²) in [6, 6.07) is 0. The highest BCUT2D eigenvalue weighted by atomic mass is 32.1. The molecule has 0 aliphatic carbocycles. The van der Waals surface area contributed by atoms with Crippen LogP contribution in [0.15, 0.2) is 6.20 Å². The summed E-state index contributed by atoms with van der Waals surface area (Å²) < 4.78 is 23.7. The first-order chi connectivity index (χ1) is 13.5. The fourth-order valence-electron chi connectivity index (χ4n) is 3.50. The summed E-state index contributed by atoms with van der Waals surface area (Å²) >= 11 is 10.6. The lowest BCUT2D eigenvalue weighted by Gasteiger charge is -2.32. The Morgan fingerprint density at radius 3 is 2.34 bits per heavy atom. The standard InChI is InChI=1S/C22H37FN2O2S2/c1-7-24-15-18(23)19(28)25(21(24)29)12-10-8-9-11-13-27-20(26)22(6,17(4)5)14-16(2)3/h15-17H,7-14H2,1-6H3. The minimum absolute atomic E-state index is 0.0906. The van der Waals surface area contributed by atoms with Crippen molar-refractivity contribution in [1.29, 1.82) is 0 Å². The number of halogens is 1. The summed E-state index contributed by atoms with van der Waals surface area (Å²) in [6.45, 7) is 14.0. The molecule has 166 valence electrons. The van der Waals surface area contributed by atoms with E-state index in [1.54, 1.807) is 9.13 Å². The summed E-state index contributed by atoms with van der Waals surface area (Å²) in [6.07, 6.45) is 5.78. The number of aromatic nitrogens is 2. The zero-order valence-corrected chi connectivity index (χ0v) is 20.4. The summed E-state index contributed by atoms with van der Waals surface area (Å²) in [4.78, 5) is 12.6. The number of ether oxygens (including phenoxy) is 1. The van der Waals surface area contributed by atoms with Crippen molar-refractivity contribution in [2.45, 2.75) is 86.7 Å². The molecule has 1 atom stereocenters. The van der Waals surface area contributed by atoms with Crippen LogP contribution in [-0.2, 0) is 22.6 Å². The van der Waals surface area contributed by atoms with Gasteiger partial charge in [0.25, 0.3) is 0 Å². The molecule has 0 aliphatic rings. The second kappa shape index (κ2) is 11.9. The predicted octanol–water partition coefficient (Wildman–Crippen LogP) is 6.72. The molecule has 1 aromatic rings. The smallest absolute Gasteiger partial charge is 0.312 e. The number of aryl methyl sites for hydroxylation is 1. The van der Waals surface area contributed by atoms with Crippen molar-refractivity contribution >= 4 is 30.4 Å². The van der Waals surface area contributed by atoms with Gasteiger partial charge in [-0.15, -0.1) is 0 Å².